The highest BCUT2D eigenvalue weighted by Gasteiger charge is 2.33. The van der Waals surface area contributed by atoms with Gasteiger partial charge in [0.05, 0.1) is 29.7 Å². The summed E-state index contributed by atoms with van der Waals surface area (Å²) in [4.78, 5) is 54.0. The molecule has 4 aliphatic rings. The lowest BCUT2D eigenvalue weighted by Gasteiger charge is -2.34. The average Bonchev–Trinajstić information content (AvgIpc) is 3.96. The highest BCUT2D eigenvalue weighted by atomic mass is 19.4. The number of piperidine rings is 1. The number of anilines is 1. The Morgan fingerprint density at radius 2 is 1.62 bits per heavy atom. The SMILES string of the molecule is C[C@@H](CC(F)(F)F)Nc1ncc2c(-c3ccc(CN4CCN(CCCO[C@H]5CCN(Cc6ccc7c(c6)n(C)c(=O)n7C6CCC(=O)NC6=O)C5)CC4)cc3)cn(C3CCC(O)CC3)c2n1. The zero-order valence-electron chi connectivity index (χ0n) is 37.8. The van der Waals surface area contributed by atoms with Gasteiger partial charge in [-0.2, -0.15) is 18.2 Å². The first-order valence-corrected chi connectivity index (χ1v) is 23.5. The molecule has 1 aliphatic carbocycles. The quantitative estimate of drug-likeness (QED) is 0.0869. The van der Waals surface area contributed by atoms with Crippen LogP contribution in [-0.2, 0) is 34.5 Å². The van der Waals surface area contributed by atoms with Gasteiger partial charge in [0.2, 0.25) is 17.8 Å². The van der Waals surface area contributed by atoms with Crippen LogP contribution in [0.5, 0.6) is 0 Å². The fourth-order valence-electron chi connectivity index (χ4n) is 10.4. The Balaban J connectivity index is 0.723. The molecule has 5 aromatic rings. The number of piperazine rings is 1. The number of ether oxygens (including phenoxy) is 1. The summed E-state index contributed by atoms with van der Waals surface area (Å²) in [6, 6.07) is 13.1. The molecule has 2 amide bonds. The molecule has 354 valence electrons. The van der Waals surface area contributed by atoms with Crippen LogP contribution < -0.4 is 16.3 Å². The number of hydrogen-bond donors (Lipinski definition) is 3. The van der Waals surface area contributed by atoms with Crippen molar-refractivity contribution in [3.63, 3.8) is 0 Å². The molecule has 3 saturated heterocycles. The Labute approximate surface area is 381 Å². The lowest BCUT2D eigenvalue weighted by atomic mass is 9.93. The van der Waals surface area contributed by atoms with Crippen molar-refractivity contribution < 1.29 is 32.6 Å². The van der Waals surface area contributed by atoms with E-state index in [0.29, 0.717) is 30.4 Å². The molecule has 3 atom stereocenters. The third kappa shape index (κ3) is 10.5. The molecule has 3 N–H and O–H groups in total. The number of aliphatic hydroxyl groups is 1. The summed E-state index contributed by atoms with van der Waals surface area (Å²) >= 11 is 0. The molecule has 0 radical (unpaired) electrons. The molecular weight excluding hydrogens is 854 g/mol. The molecule has 0 bridgehead atoms. The summed E-state index contributed by atoms with van der Waals surface area (Å²) in [6.07, 6.45) is 3.86. The minimum absolute atomic E-state index is 0.126. The number of likely N-dealkylation sites (tertiary alicyclic amines) is 1. The predicted molar refractivity (Wildman–Crippen MR) is 245 cm³/mol. The number of halogens is 3. The Morgan fingerprint density at radius 1 is 0.894 bits per heavy atom. The Bertz CT molecular complexity index is 2580. The van der Waals surface area contributed by atoms with Crippen LogP contribution >= 0.6 is 0 Å². The van der Waals surface area contributed by atoms with Gasteiger partial charge in [0, 0.05) is 114 Å². The first kappa shape index (κ1) is 46.0. The van der Waals surface area contributed by atoms with E-state index in [2.05, 4.69) is 65.3 Å². The maximum atomic E-state index is 13.2. The minimum atomic E-state index is -4.29. The van der Waals surface area contributed by atoms with Gasteiger partial charge in [-0.3, -0.25) is 33.8 Å². The number of imide groups is 1. The maximum absolute atomic E-state index is 13.2. The van der Waals surface area contributed by atoms with E-state index in [0.717, 1.165) is 119 Å². The van der Waals surface area contributed by atoms with Crippen LogP contribution in [0.2, 0.25) is 0 Å². The van der Waals surface area contributed by atoms with Crippen molar-refractivity contribution in [1.29, 1.82) is 0 Å². The number of amides is 2. The van der Waals surface area contributed by atoms with Gasteiger partial charge in [-0.15, -0.1) is 0 Å². The number of benzene rings is 2. The summed E-state index contributed by atoms with van der Waals surface area (Å²) in [5, 5.41) is 16.2. The second kappa shape index (κ2) is 19.6. The molecule has 6 heterocycles. The number of nitrogens with zero attached hydrogens (tertiary/aromatic N) is 8. The van der Waals surface area contributed by atoms with E-state index in [9.17, 15) is 32.7 Å². The summed E-state index contributed by atoms with van der Waals surface area (Å²) in [6.45, 7) is 10.6. The highest BCUT2D eigenvalue weighted by Crippen LogP contribution is 2.37. The van der Waals surface area contributed by atoms with Crippen LogP contribution in [-0.4, -0.2) is 132 Å². The molecule has 3 aromatic heterocycles. The van der Waals surface area contributed by atoms with Gasteiger partial charge in [-0.05, 0) is 80.7 Å². The van der Waals surface area contributed by atoms with E-state index in [1.165, 1.54) is 17.1 Å². The molecule has 18 heteroatoms. The molecule has 1 unspecified atom stereocenters. The lowest BCUT2D eigenvalue weighted by Crippen LogP contribution is -2.46. The van der Waals surface area contributed by atoms with Crippen molar-refractivity contribution in [3.8, 4) is 11.1 Å². The summed E-state index contributed by atoms with van der Waals surface area (Å²) in [7, 11) is 1.72. The van der Waals surface area contributed by atoms with E-state index in [-0.39, 0.29) is 42.2 Å². The number of imidazole rings is 1. The number of carbonyl (C=O) groups excluding carboxylic acids is 2. The zero-order chi connectivity index (χ0) is 46.1. The minimum Gasteiger partial charge on any atom is -0.393 e. The molecule has 4 fully saturated rings. The molecule has 9 rings (SSSR count). The average molecular weight is 915 g/mol. The molecule has 0 spiro atoms. The Morgan fingerprint density at radius 3 is 2.36 bits per heavy atom. The van der Waals surface area contributed by atoms with Crippen molar-refractivity contribution in [2.75, 3.05) is 57.7 Å². The molecule has 66 heavy (non-hydrogen) atoms. The number of aliphatic hydroxyl groups excluding tert-OH is 1. The number of alkyl halides is 3. The second-order valence-electron chi connectivity index (χ2n) is 18.9. The first-order valence-electron chi connectivity index (χ1n) is 23.5. The number of nitrogens with one attached hydrogen (secondary N) is 2. The van der Waals surface area contributed by atoms with Crippen LogP contribution in [0.15, 0.2) is 59.7 Å². The molecule has 15 nitrogen and oxygen atoms in total. The number of fused-ring (bicyclic) bond motifs is 2. The lowest BCUT2D eigenvalue weighted by molar-refractivity contribution is -0.137. The van der Waals surface area contributed by atoms with Crippen LogP contribution in [0.4, 0.5) is 19.1 Å². The van der Waals surface area contributed by atoms with Gasteiger partial charge in [0.25, 0.3) is 0 Å². The van der Waals surface area contributed by atoms with Crippen molar-refractivity contribution in [1.82, 2.24) is 43.7 Å². The van der Waals surface area contributed by atoms with Gasteiger partial charge in [-0.1, -0.05) is 30.3 Å². The normalized spacial score (nSPS) is 23.2. The van der Waals surface area contributed by atoms with E-state index < -0.39 is 30.6 Å². The van der Waals surface area contributed by atoms with E-state index >= 15 is 0 Å². The van der Waals surface area contributed by atoms with Gasteiger partial charge in [0.1, 0.15) is 11.7 Å². The van der Waals surface area contributed by atoms with Crippen molar-refractivity contribution in [3.05, 3.63) is 76.5 Å². The van der Waals surface area contributed by atoms with Gasteiger partial charge in [0.15, 0.2) is 0 Å². The van der Waals surface area contributed by atoms with Gasteiger partial charge in [-0.25, -0.2) is 9.78 Å². The maximum Gasteiger partial charge on any atom is 0.391 e. The highest BCUT2D eigenvalue weighted by molar-refractivity contribution is 6.00. The Kier molecular flexibility index (Phi) is 13.7. The number of hydrogen-bond acceptors (Lipinski definition) is 11. The van der Waals surface area contributed by atoms with E-state index in [1.54, 1.807) is 17.8 Å². The zero-order valence-corrected chi connectivity index (χ0v) is 37.8. The molecule has 3 aliphatic heterocycles. The third-order valence-corrected chi connectivity index (χ3v) is 14.0. The number of aromatic nitrogens is 5. The van der Waals surface area contributed by atoms with Crippen molar-refractivity contribution in [2.45, 2.75) is 114 Å². The van der Waals surface area contributed by atoms with E-state index in [4.69, 9.17) is 9.72 Å². The standard InChI is InChI=1S/C48H61F3N10O5/c1-31(25-48(49,50)51)53-46-52-26-38-39(30-60(44(38)55-46)35-9-11-36(62)12-10-35)34-7-4-32(5-8-34)27-58-21-19-57(20-22-58)17-3-23-66-37-16-18-59(29-37)28-33-6-13-40-42(24-33)56(2)47(65)61(40)41-14-15-43(63)54-45(41)64/h4-8,13,24,26,30-31,35-37,41,62H,3,9-12,14-23,25,27-29H2,1-2H3,(H,52,53,55)(H,54,63,64)/t31-,35?,36?,37-,41?/m0/s1. The monoisotopic (exact) mass is 914 g/mol. The molecule has 2 aromatic carbocycles. The van der Waals surface area contributed by atoms with Crippen LogP contribution in [0, 0.1) is 0 Å². The fraction of sp³-hybridized carbons (Fsp3) is 0.562. The third-order valence-electron chi connectivity index (χ3n) is 14.0. The Hall–Kier alpha value is -5.14. The number of aryl methyl sites for hydroxylation is 1. The molecule has 1 saturated carbocycles. The summed E-state index contributed by atoms with van der Waals surface area (Å²) in [5.41, 5.74) is 6.21. The number of carbonyl (C=O) groups is 2. The summed E-state index contributed by atoms with van der Waals surface area (Å²) in [5.74, 6) is -0.566. The number of rotatable bonds is 15. The predicted octanol–water partition coefficient (Wildman–Crippen LogP) is 5.76. The smallest absolute Gasteiger partial charge is 0.391 e. The topological polar surface area (TPSA) is 155 Å². The summed E-state index contributed by atoms with van der Waals surface area (Å²) < 4.78 is 50.7. The van der Waals surface area contributed by atoms with Crippen LogP contribution in [0.1, 0.15) is 87.9 Å². The van der Waals surface area contributed by atoms with Crippen LogP contribution in [0.25, 0.3) is 33.2 Å². The van der Waals surface area contributed by atoms with Crippen molar-refractivity contribution >= 4 is 39.8 Å². The molecular formula is C48H61F3N10O5. The van der Waals surface area contributed by atoms with Crippen molar-refractivity contribution in [2.24, 2.45) is 7.05 Å². The van der Waals surface area contributed by atoms with E-state index in [1.807, 2.05) is 18.2 Å². The fourth-order valence-corrected chi connectivity index (χ4v) is 10.4. The van der Waals surface area contributed by atoms with Gasteiger partial charge >= 0.3 is 11.9 Å². The van der Waals surface area contributed by atoms with Crippen LogP contribution in [0.3, 0.4) is 0 Å². The first-order chi connectivity index (χ1) is 31.7. The second-order valence-corrected chi connectivity index (χ2v) is 18.9. The van der Waals surface area contributed by atoms with Gasteiger partial charge < -0.3 is 24.6 Å². The largest absolute Gasteiger partial charge is 0.393 e.